The van der Waals surface area contributed by atoms with Gasteiger partial charge in [0.15, 0.2) is 0 Å². The summed E-state index contributed by atoms with van der Waals surface area (Å²) in [6.45, 7) is 4.26. The maximum Gasteiger partial charge on any atom is 0.0239 e. The summed E-state index contributed by atoms with van der Waals surface area (Å²) < 4.78 is 0. The molecule has 1 atom stereocenters. The second-order valence-corrected chi connectivity index (χ2v) is 6.14. The van der Waals surface area contributed by atoms with Gasteiger partial charge in [-0.2, -0.15) is 11.3 Å². The maximum absolute atomic E-state index is 3.53. The van der Waals surface area contributed by atoms with Crippen molar-refractivity contribution in [2.75, 3.05) is 20.1 Å². The van der Waals surface area contributed by atoms with E-state index in [4.69, 9.17) is 0 Å². The Morgan fingerprint density at radius 3 is 3.05 bits per heavy atom. The number of thiophene rings is 1. The van der Waals surface area contributed by atoms with E-state index in [2.05, 4.69) is 58.4 Å². The van der Waals surface area contributed by atoms with Gasteiger partial charge in [0.2, 0.25) is 0 Å². The van der Waals surface area contributed by atoms with Crippen LogP contribution in [0.4, 0.5) is 0 Å². The van der Waals surface area contributed by atoms with Gasteiger partial charge in [-0.3, -0.25) is 0 Å². The number of nitrogens with one attached hydrogen (secondary N) is 1. The molecule has 1 aromatic heterocycles. The Bertz CT molecular complexity index is 521. The van der Waals surface area contributed by atoms with Gasteiger partial charge in [-0.15, -0.1) is 0 Å². The molecule has 1 aromatic carbocycles. The quantitative estimate of drug-likeness (QED) is 0.920. The van der Waals surface area contributed by atoms with Gasteiger partial charge in [0, 0.05) is 32.1 Å². The minimum atomic E-state index is 0.605. The van der Waals surface area contributed by atoms with Gasteiger partial charge in [-0.05, 0) is 40.6 Å². The topological polar surface area (TPSA) is 15.3 Å². The van der Waals surface area contributed by atoms with E-state index in [1.165, 1.54) is 16.7 Å². The van der Waals surface area contributed by atoms with Crippen LogP contribution in [0, 0.1) is 0 Å². The molecule has 0 amide bonds. The fourth-order valence-corrected chi connectivity index (χ4v) is 3.54. The lowest BCUT2D eigenvalue weighted by molar-refractivity contribution is 0.294. The van der Waals surface area contributed by atoms with Gasteiger partial charge in [-0.25, -0.2) is 0 Å². The summed E-state index contributed by atoms with van der Waals surface area (Å²) in [5, 5.41) is 7.92. The minimum Gasteiger partial charge on any atom is -0.312 e. The zero-order valence-electron chi connectivity index (χ0n) is 11.3. The first-order chi connectivity index (χ1) is 9.33. The van der Waals surface area contributed by atoms with Crippen molar-refractivity contribution in [1.82, 2.24) is 10.2 Å². The SMILES string of the molecule is CN(Cc1ccsc1)CC1CNCc2ccccc21. The highest BCUT2D eigenvalue weighted by Crippen LogP contribution is 2.24. The molecule has 0 spiro atoms. The lowest BCUT2D eigenvalue weighted by atomic mass is 9.90. The normalized spacial score (nSPS) is 18.5. The van der Waals surface area contributed by atoms with E-state index < -0.39 is 0 Å². The van der Waals surface area contributed by atoms with Crippen molar-refractivity contribution in [1.29, 1.82) is 0 Å². The lowest BCUT2D eigenvalue weighted by Crippen LogP contribution is -2.35. The van der Waals surface area contributed by atoms with Crippen LogP contribution < -0.4 is 5.32 Å². The summed E-state index contributed by atoms with van der Waals surface area (Å²) in [6, 6.07) is 11.1. The number of rotatable bonds is 4. The third-order valence-electron chi connectivity index (χ3n) is 3.77. The summed E-state index contributed by atoms with van der Waals surface area (Å²) in [5.74, 6) is 0.605. The fourth-order valence-electron chi connectivity index (χ4n) is 2.88. The van der Waals surface area contributed by atoms with Crippen LogP contribution in [0.3, 0.4) is 0 Å². The van der Waals surface area contributed by atoms with Crippen molar-refractivity contribution >= 4 is 11.3 Å². The van der Waals surface area contributed by atoms with E-state index in [0.717, 1.165) is 26.2 Å². The molecule has 0 radical (unpaired) electrons. The van der Waals surface area contributed by atoms with Crippen molar-refractivity contribution in [2.45, 2.75) is 19.0 Å². The Hall–Kier alpha value is -1.16. The van der Waals surface area contributed by atoms with Crippen molar-refractivity contribution in [3.8, 4) is 0 Å². The van der Waals surface area contributed by atoms with E-state index in [-0.39, 0.29) is 0 Å². The van der Waals surface area contributed by atoms with Crippen molar-refractivity contribution < 1.29 is 0 Å². The lowest BCUT2D eigenvalue weighted by Gasteiger charge is -2.30. The standard InChI is InChI=1S/C16H20N2S/c1-18(10-13-6-7-19-12-13)11-15-9-17-8-14-4-2-3-5-16(14)15/h2-7,12,15,17H,8-11H2,1H3. The Balaban J connectivity index is 1.67. The van der Waals surface area contributed by atoms with Crippen molar-refractivity contribution in [3.63, 3.8) is 0 Å². The van der Waals surface area contributed by atoms with Gasteiger partial charge in [0.1, 0.15) is 0 Å². The molecule has 0 bridgehead atoms. The monoisotopic (exact) mass is 272 g/mol. The van der Waals surface area contributed by atoms with Crippen LogP contribution in [0.15, 0.2) is 41.1 Å². The molecule has 3 heteroatoms. The zero-order chi connectivity index (χ0) is 13.1. The van der Waals surface area contributed by atoms with Gasteiger partial charge >= 0.3 is 0 Å². The van der Waals surface area contributed by atoms with E-state index in [1.54, 1.807) is 11.3 Å². The second kappa shape index (κ2) is 5.87. The molecule has 1 aliphatic rings. The first kappa shape index (κ1) is 12.9. The van der Waals surface area contributed by atoms with Crippen LogP contribution in [0.25, 0.3) is 0 Å². The number of hydrogen-bond acceptors (Lipinski definition) is 3. The first-order valence-corrected chi connectivity index (χ1v) is 7.75. The van der Waals surface area contributed by atoms with Crippen LogP contribution in [-0.4, -0.2) is 25.0 Å². The average molecular weight is 272 g/mol. The van der Waals surface area contributed by atoms with Crippen molar-refractivity contribution in [2.24, 2.45) is 0 Å². The Morgan fingerprint density at radius 1 is 1.32 bits per heavy atom. The molecular weight excluding hydrogens is 252 g/mol. The fraction of sp³-hybridized carbons (Fsp3) is 0.375. The van der Waals surface area contributed by atoms with E-state index >= 15 is 0 Å². The number of likely N-dealkylation sites (N-methyl/N-ethyl adjacent to an activating group) is 1. The first-order valence-electron chi connectivity index (χ1n) is 6.81. The van der Waals surface area contributed by atoms with Crippen LogP contribution in [0.1, 0.15) is 22.6 Å². The molecule has 2 nitrogen and oxygen atoms in total. The Labute approximate surface area is 119 Å². The van der Waals surface area contributed by atoms with Gasteiger partial charge in [0.05, 0.1) is 0 Å². The Morgan fingerprint density at radius 2 is 2.21 bits per heavy atom. The number of hydrogen-bond donors (Lipinski definition) is 1. The predicted molar refractivity (Wildman–Crippen MR) is 81.5 cm³/mol. The van der Waals surface area contributed by atoms with Crippen LogP contribution in [0.5, 0.6) is 0 Å². The number of fused-ring (bicyclic) bond motifs is 1. The highest BCUT2D eigenvalue weighted by atomic mass is 32.1. The molecule has 3 rings (SSSR count). The third-order valence-corrected chi connectivity index (χ3v) is 4.50. The summed E-state index contributed by atoms with van der Waals surface area (Å²) in [6.07, 6.45) is 0. The highest BCUT2D eigenvalue weighted by Gasteiger charge is 2.20. The largest absolute Gasteiger partial charge is 0.312 e. The Kier molecular flexibility index (Phi) is 3.97. The summed E-state index contributed by atoms with van der Waals surface area (Å²) in [7, 11) is 2.22. The van der Waals surface area contributed by atoms with Gasteiger partial charge in [-0.1, -0.05) is 24.3 Å². The average Bonchev–Trinajstić information content (AvgIpc) is 2.92. The molecule has 2 aromatic rings. The molecule has 0 aliphatic carbocycles. The predicted octanol–water partition coefficient (Wildman–Crippen LogP) is 3.07. The minimum absolute atomic E-state index is 0.605. The maximum atomic E-state index is 3.53. The molecule has 0 fully saturated rings. The summed E-state index contributed by atoms with van der Waals surface area (Å²) in [5.41, 5.74) is 4.41. The van der Waals surface area contributed by atoms with E-state index in [1.807, 2.05) is 0 Å². The summed E-state index contributed by atoms with van der Waals surface area (Å²) >= 11 is 1.78. The number of benzene rings is 1. The molecule has 0 saturated carbocycles. The molecule has 19 heavy (non-hydrogen) atoms. The third kappa shape index (κ3) is 3.06. The summed E-state index contributed by atoms with van der Waals surface area (Å²) in [4.78, 5) is 2.43. The van der Waals surface area contributed by atoms with E-state index in [0.29, 0.717) is 5.92 Å². The van der Waals surface area contributed by atoms with Crippen LogP contribution >= 0.6 is 11.3 Å². The second-order valence-electron chi connectivity index (χ2n) is 5.35. The van der Waals surface area contributed by atoms with Gasteiger partial charge < -0.3 is 10.2 Å². The van der Waals surface area contributed by atoms with Crippen molar-refractivity contribution in [3.05, 3.63) is 57.8 Å². The molecular formula is C16H20N2S. The van der Waals surface area contributed by atoms with Crippen LogP contribution in [-0.2, 0) is 13.1 Å². The number of nitrogens with zero attached hydrogens (tertiary/aromatic N) is 1. The van der Waals surface area contributed by atoms with Crippen LogP contribution in [0.2, 0.25) is 0 Å². The molecule has 2 heterocycles. The van der Waals surface area contributed by atoms with Gasteiger partial charge in [0.25, 0.3) is 0 Å². The molecule has 1 N–H and O–H groups in total. The van der Waals surface area contributed by atoms with E-state index in [9.17, 15) is 0 Å². The highest BCUT2D eigenvalue weighted by molar-refractivity contribution is 7.07. The smallest absolute Gasteiger partial charge is 0.0239 e. The molecule has 1 aliphatic heterocycles. The molecule has 0 saturated heterocycles. The zero-order valence-corrected chi connectivity index (χ0v) is 12.1. The molecule has 1 unspecified atom stereocenters. The molecule has 100 valence electrons.